The third-order valence-corrected chi connectivity index (χ3v) is 2.84. The first-order valence-electron chi connectivity index (χ1n) is 4.10. The summed E-state index contributed by atoms with van der Waals surface area (Å²) in [5, 5.41) is 0.872. The van der Waals surface area contributed by atoms with Crippen molar-refractivity contribution >= 4 is 45.8 Å². The molecule has 1 heterocycles. The van der Waals surface area contributed by atoms with Crippen LogP contribution in [0.3, 0.4) is 0 Å². The monoisotopic (exact) mass is 262 g/mol. The van der Waals surface area contributed by atoms with Crippen molar-refractivity contribution in [3.8, 4) is 0 Å². The second-order valence-electron chi connectivity index (χ2n) is 2.91. The highest BCUT2D eigenvalue weighted by Gasteiger charge is 2.17. The molecule has 2 nitrogen and oxygen atoms in total. The quantitative estimate of drug-likeness (QED) is 0.576. The average Bonchev–Trinajstić information content (AvgIpc) is 2.17. The standard InChI is InChI=1S/C10H5Cl3O2/c11-8-5-3-1-2-4-6(5)15-10(14)7(8)9(12)13/h1-4,9H. The molecule has 0 unspecified atom stereocenters. The van der Waals surface area contributed by atoms with Crippen molar-refractivity contribution in [1.29, 1.82) is 0 Å². The molecule has 0 atom stereocenters. The maximum atomic E-state index is 11.5. The van der Waals surface area contributed by atoms with Crippen LogP contribution in [0.2, 0.25) is 5.02 Å². The lowest BCUT2D eigenvalue weighted by molar-refractivity contribution is 0.553. The van der Waals surface area contributed by atoms with Crippen LogP contribution in [0.1, 0.15) is 10.4 Å². The van der Waals surface area contributed by atoms with Gasteiger partial charge in [0.1, 0.15) is 10.4 Å². The molecule has 0 aliphatic rings. The Kier molecular flexibility index (Phi) is 2.91. The lowest BCUT2D eigenvalue weighted by atomic mass is 10.2. The van der Waals surface area contributed by atoms with E-state index in [-0.39, 0.29) is 10.6 Å². The highest BCUT2D eigenvalue weighted by molar-refractivity contribution is 6.46. The Balaban J connectivity index is 2.90. The van der Waals surface area contributed by atoms with E-state index in [0.717, 1.165) is 0 Å². The molecule has 5 heteroatoms. The summed E-state index contributed by atoms with van der Waals surface area (Å²) in [6, 6.07) is 6.93. The fraction of sp³-hybridized carbons (Fsp3) is 0.100. The Hall–Kier alpha value is -0.700. The fourth-order valence-electron chi connectivity index (χ4n) is 1.31. The molecular weight excluding hydrogens is 258 g/mol. The topological polar surface area (TPSA) is 30.2 Å². The number of para-hydroxylation sites is 1. The summed E-state index contributed by atoms with van der Waals surface area (Å²) in [6.07, 6.45) is 0. The normalized spacial score (nSPS) is 11.2. The van der Waals surface area contributed by atoms with Crippen LogP contribution in [-0.2, 0) is 0 Å². The average molecular weight is 264 g/mol. The van der Waals surface area contributed by atoms with Gasteiger partial charge in [0.2, 0.25) is 0 Å². The van der Waals surface area contributed by atoms with Crippen molar-refractivity contribution in [3.05, 3.63) is 45.3 Å². The van der Waals surface area contributed by atoms with Gasteiger partial charge in [-0.2, -0.15) is 0 Å². The molecule has 1 aromatic carbocycles. The number of halogens is 3. The van der Waals surface area contributed by atoms with E-state index in [9.17, 15) is 4.79 Å². The summed E-state index contributed by atoms with van der Waals surface area (Å²) in [4.78, 5) is 10.5. The van der Waals surface area contributed by atoms with Crippen LogP contribution >= 0.6 is 34.8 Å². The lowest BCUT2D eigenvalue weighted by Gasteiger charge is -2.05. The van der Waals surface area contributed by atoms with Gasteiger partial charge in [0, 0.05) is 5.39 Å². The van der Waals surface area contributed by atoms with Crippen LogP contribution in [0.5, 0.6) is 0 Å². The van der Waals surface area contributed by atoms with Crippen LogP contribution in [-0.4, -0.2) is 0 Å². The molecule has 2 rings (SSSR count). The summed E-state index contributed by atoms with van der Waals surface area (Å²) < 4.78 is 5.03. The molecule has 0 aliphatic heterocycles. The maximum absolute atomic E-state index is 11.5. The number of benzene rings is 1. The number of rotatable bonds is 1. The predicted octanol–water partition coefficient (Wildman–Crippen LogP) is 3.92. The van der Waals surface area contributed by atoms with Gasteiger partial charge in [0.25, 0.3) is 0 Å². The summed E-state index contributed by atoms with van der Waals surface area (Å²) in [7, 11) is 0. The minimum absolute atomic E-state index is 0.0821. The minimum atomic E-state index is -0.988. The summed E-state index contributed by atoms with van der Waals surface area (Å²) >= 11 is 17.3. The Morgan fingerprint density at radius 3 is 2.53 bits per heavy atom. The highest BCUT2D eigenvalue weighted by atomic mass is 35.5. The van der Waals surface area contributed by atoms with Crippen molar-refractivity contribution in [2.75, 3.05) is 0 Å². The zero-order valence-corrected chi connectivity index (χ0v) is 9.60. The Morgan fingerprint density at radius 1 is 1.20 bits per heavy atom. The van der Waals surface area contributed by atoms with Crippen LogP contribution in [0.4, 0.5) is 0 Å². The van der Waals surface area contributed by atoms with Crippen molar-refractivity contribution in [2.45, 2.75) is 4.84 Å². The summed E-state index contributed by atoms with van der Waals surface area (Å²) in [5.74, 6) is 0. The van der Waals surface area contributed by atoms with E-state index in [1.165, 1.54) is 0 Å². The van der Waals surface area contributed by atoms with Gasteiger partial charge in [-0.1, -0.05) is 46.9 Å². The third-order valence-electron chi connectivity index (χ3n) is 2.00. The highest BCUT2D eigenvalue weighted by Crippen LogP contribution is 2.32. The molecule has 0 fully saturated rings. The Labute approximate surface area is 100 Å². The molecule has 78 valence electrons. The molecule has 0 bridgehead atoms. The van der Waals surface area contributed by atoms with Gasteiger partial charge in [-0.3, -0.25) is 0 Å². The molecule has 1 aromatic heterocycles. The zero-order valence-electron chi connectivity index (χ0n) is 7.34. The molecular formula is C10H5Cl3O2. The second kappa shape index (κ2) is 4.05. The predicted molar refractivity (Wildman–Crippen MR) is 61.9 cm³/mol. The molecule has 0 amide bonds. The third kappa shape index (κ3) is 1.85. The largest absolute Gasteiger partial charge is 0.422 e. The van der Waals surface area contributed by atoms with Crippen molar-refractivity contribution in [2.24, 2.45) is 0 Å². The minimum Gasteiger partial charge on any atom is -0.422 e. The fourth-order valence-corrected chi connectivity index (χ4v) is 2.16. The second-order valence-corrected chi connectivity index (χ2v) is 4.39. The maximum Gasteiger partial charge on any atom is 0.343 e. The Bertz CT molecular complexity index is 560. The Morgan fingerprint density at radius 2 is 1.87 bits per heavy atom. The lowest BCUT2D eigenvalue weighted by Crippen LogP contribution is -2.07. The van der Waals surface area contributed by atoms with Crippen LogP contribution in [0.25, 0.3) is 11.0 Å². The first kappa shape index (κ1) is 10.8. The van der Waals surface area contributed by atoms with E-state index in [1.54, 1.807) is 24.3 Å². The smallest absolute Gasteiger partial charge is 0.343 e. The molecule has 0 N–H and O–H groups in total. The molecule has 0 saturated heterocycles. The SMILES string of the molecule is O=c1oc2ccccc2c(Cl)c1C(Cl)Cl. The number of hydrogen-bond donors (Lipinski definition) is 0. The molecule has 0 saturated carbocycles. The number of hydrogen-bond acceptors (Lipinski definition) is 2. The van der Waals surface area contributed by atoms with Crippen LogP contribution in [0, 0.1) is 0 Å². The van der Waals surface area contributed by atoms with Gasteiger partial charge >= 0.3 is 5.63 Å². The van der Waals surface area contributed by atoms with E-state index in [1.807, 2.05) is 0 Å². The molecule has 0 radical (unpaired) electrons. The van der Waals surface area contributed by atoms with Gasteiger partial charge in [0.05, 0.1) is 10.6 Å². The van der Waals surface area contributed by atoms with Gasteiger partial charge in [-0.25, -0.2) is 4.79 Å². The first-order valence-corrected chi connectivity index (χ1v) is 5.35. The van der Waals surface area contributed by atoms with E-state index in [2.05, 4.69) is 0 Å². The van der Waals surface area contributed by atoms with Crippen molar-refractivity contribution < 1.29 is 4.42 Å². The van der Waals surface area contributed by atoms with Gasteiger partial charge in [-0.15, -0.1) is 0 Å². The van der Waals surface area contributed by atoms with Crippen LogP contribution < -0.4 is 5.63 Å². The van der Waals surface area contributed by atoms with E-state index < -0.39 is 10.5 Å². The van der Waals surface area contributed by atoms with Gasteiger partial charge in [0.15, 0.2) is 0 Å². The van der Waals surface area contributed by atoms with Gasteiger partial charge in [-0.05, 0) is 12.1 Å². The first-order chi connectivity index (χ1) is 7.11. The van der Waals surface area contributed by atoms with Crippen molar-refractivity contribution in [3.63, 3.8) is 0 Å². The number of alkyl halides is 2. The molecule has 0 spiro atoms. The molecule has 15 heavy (non-hydrogen) atoms. The number of fused-ring (bicyclic) bond motifs is 1. The van der Waals surface area contributed by atoms with Gasteiger partial charge < -0.3 is 4.42 Å². The van der Waals surface area contributed by atoms with E-state index in [0.29, 0.717) is 11.0 Å². The summed E-state index contributed by atoms with van der Waals surface area (Å²) in [6.45, 7) is 0. The van der Waals surface area contributed by atoms with Crippen LogP contribution in [0.15, 0.2) is 33.5 Å². The zero-order chi connectivity index (χ0) is 11.0. The molecule has 2 aromatic rings. The summed E-state index contributed by atoms with van der Waals surface area (Å²) in [5.41, 5.74) is -0.0994. The van der Waals surface area contributed by atoms with E-state index in [4.69, 9.17) is 39.2 Å². The molecule has 0 aliphatic carbocycles. The van der Waals surface area contributed by atoms with Crippen molar-refractivity contribution in [1.82, 2.24) is 0 Å². The van der Waals surface area contributed by atoms with E-state index >= 15 is 0 Å².